The van der Waals surface area contributed by atoms with E-state index in [1.54, 1.807) is 25.1 Å². The van der Waals surface area contributed by atoms with Gasteiger partial charge in [0, 0.05) is 23.4 Å². The van der Waals surface area contributed by atoms with Gasteiger partial charge in [-0.15, -0.1) is 0 Å². The number of phenols is 1. The standard InChI is InChI=1S/C23H21NO6/c1-15(30-20(26)12-11-17-9-5-6-10-19(17)25)22-18(24-23(22)28)13-21(27)29-14-16-7-3-2-4-8-16/h2-13,15,22,25H,14H2,1H3,(H,24,28)/b12-11+,18-13-/t15-,22-/m1/s1. The molecule has 0 aliphatic carbocycles. The Hall–Kier alpha value is -3.87. The molecule has 0 saturated carbocycles. The van der Waals surface area contributed by atoms with Crippen LogP contribution in [0.15, 0.2) is 72.4 Å². The van der Waals surface area contributed by atoms with E-state index in [9.17, 15) is 19.5 Å². The van der Waals surface area contributed by atoms with Gasteiger partial charge >= 0.3 is 11.9 Å². The fraction of sp³-hybridized carbons (Fsp3) is 0.174. The topological polar surface area (TPSA) is 102 Å². The first-order valence-corrected chi connectivity index (χ1v) is 9.34. The lowest BCUT2D eigenvalue weighted by Crippen LogP contribution is -2.52. The molecule has 1 amide bonds. The van der Waals surface area contributed by atoms with Gasteiger partial charge in [0.05, 0.1) is 0 Å². The third-order valence-electron chi connectivity index (χ3n) is 4.49. The zero-order chi connectivity index (χ0) is 21.5. The van der Waals surface area contributed by atoms with Crippen LogP contribution in [0.4, 0.5) is 0 Å². The predicted octanol–water partition coefficient (Wildman–Crippen LogP) is 2.71. The number of hydrogen-bond acceptors (Lipinski definition) is 6. The molecule has 2 atom stereocenters. The molecule has 0 aromatic heterocycles. The number of nitrogens with one attached hydrogen (secondary N) is 1. The van der Waals surface area contributed by atoms with Crippen molar-refractivity contribution in [3.8, 4) is 5.75 Å². The van der Waals surface area contributed by atoms with Gasteiger partial charge in [-0.1, -0.05) is 48.5 Å². The van der Waals surface area contributed by atoms with Gasteiger partial charge in [0.1, 0.15) is 24.4 Å². The number of β-lactam (4-membered cyclic amide) rings is 1. The second-order valence-corrected chi connectivity index (χ2v) is 6.69. The van der Waals surface area contributed by atoms with E-state index in [4.69, 9.17) is 9.47 Å². The summed E-state index contributed by atoms with van der Waals surface area (Å²) >= 11 is 0. The summed E-state index contributed by atoms with van der Waals surface area (Å²) in [4.78, 5) is 36.0. The SMILES string of the molecule is C[C@@H](OC(=O)/C=C/c1ccccc1O)[C@H]1C(=O)N/C1=C\C(=O)OCc1ccccc1. The summed E-state index contributed by atoms with van der Waals surface area (Å²) in [7, 11) is 0. The van der Waals surface area contributed by atoms with Crippen LogP contribution < -0.4 is 5.32 Å². The summed E-state index contributed by atoms with van der Waals surface area (Å²) in [5.41, 5.74) is 1.64. The molecule has 7 nitrogen and oxygen atoms in total. The molecule has 0 bridgehead atoms. The highest BCUT2D eigenvalue weighted by atomic mass is 16.5. The number of amides is 1. The van der Waals surface area contributed by atoms with Crippen molar-refractivity contribution in [1.29, 1.82) is 0 Å². The van der Waals surface area contributed by atoms with Crippen LogP contribution >= 0.6 is 0 Å². The van der Waals surface area contributed by atoms with Crippen molar-refractivity contribution < 1.29 is 29.0 Å². The fourth-order valence-electron chi connectivity index (χ4n) is 2.93. The third-order valence-corrected chi connectivity index (χ3v) is 4.49. The Morgan fingerprint density at radius 2 is 1.80 bits per heavy atom. The molecule has 1 aliphatic rings. The number of rotatable bonds is 7. The number of hydrogen-bond donors (Lipinski definition) is 2. The van der Waals surface area contributed by atoms with Gasteiger partial charge in [0.25, 0.3) is 0 Å². The summed E-state index contributed by atoms with van der Waals surface area (Å²) in [5, 5.41) is 12.2. The Bertz CT molecular complexity index is 996. The maximum absolute atomic E-state index is 12.0. The van der Waals surface area contributed by atoms with Crippen LogP contribution in [0.1, 0.15) is 18.1 Å². The number of aromatic hydroxyl groups is 1. The van der Waals surface area contributed by atoms with Crippen LogP contribution in [0.25, 0.3) is 6.08 Å². The highest BCUT2D eigenvalue weighted by Gasteiger charge is 2.40. The number of carbonyl (C=O) groups is 3. The molecule has 1 fully saturated rings. The summed E-state index contributed by atoms with van der Waals surface area (Å²) in [6.45, 7) is 1.68. The van der Waals surface area contributed by atoms with Crippen LogP contribution in [0.3, 0.4) is 0 Å². The number of benzene rings is 2. The quantitative estimate of drug-likeness (QED) is 0.416. The summed E-state index contributed by atoms with van der Waals surface area (Å²) in [6, 6.07) is 15.7. The minimum absolute atomic E-state index is 0.0344. The van der Waals surface area contributed by atoms with E-state index < -0.39 is 24.0 Å². The van der Waals surface area contributed by atoms with E-state index in [1.165, 1.54) is 24.3 Å². The van der Waals surface area contributed by atoms with Crippen molar-refractivity contribution in [1.82, 2.24) is 5.32 Å². The van der Waals surface area contributed by atoms with E-state index >= 15 is 0 Å². The Labute approximate surface area is 173 Å². The average Bonchev–Trinajstić information content (AvgIpc) is 2.71. The van der Waals surface area contributed by atoms with Crippen molar-refractivity contribution in [2.24, 2.45) is 5.92 Å². The Morgan fingerprint density at radius 3 is 2.50 bits per heavy atom. The molecule has 2 aromatic carbocycles. The van der Waals surface area contributed by atoms with Crippen molar-refractivity contribution in [3.63, 3.8) is 0 Å². The molecule has 1 heterocycles. The smallest absolute Gasteiger partial charge is 0.332 e. The first-order valence-electron chi connectivity index (χ1n) is 9.34. The van der Waals surface area contributed by atoms with Crippen molar-refractivity contribution in [2.75, 3.05) is 0 Å². The normalized spacial score (nSPS) is 17.8. The van der Waals surface area contributed by atoms with E-state index in [0.717, 1.165) is 5.56 Å². The molecule has 1 aliphatic heterocycles. The Kier molecular flexibility index (Phi) is 6.64. The van der Waals surface area contributed by atoms with Crippen LogP contribution in [0.2, 0.25) is 0 Å². The van der Waals surface area contributed by atoms with E-state index in [-0.39, 0.29) is 18.3 Å². The molecule has 2 aromatic rings. The van der Waals surface area contributed by atoms with Gasteiger partial charge in [-0.2, -0.15) is 0 Å². The molecule has 1 saturated heterocycles. The van der Waals surface area contributed by atoms with Gasteiger partial charge in [-0.25, -0.2) is 9.59 Å². The van der Waals surface area contributed by atoms with Crippen LogP contribution in [-0.4, -0.2) is 29.1 Å². The monoisotopic (exact) mass is 407 g/mol. The number of carbonyl (C=O) groups excluding carboxylic acids is 3. The minimum atomic E-state index is -0.784. The van der Waals surface area contributed by atoms with Gasteiger partial charge in [-0.3, -0.25) is 4.79 Å². The summed E-state index contributed by atoms with van der Waals surface area (Å²) in [5.74, 6) is -2.35. The van der Waals surface area contributed by atoms with Gasteiger partial charge in [-0.05, 0) is 24.6 Å². The van der Waals surface area contributed by atoms with Gasteiger partial charge in [0.2, 0.25) is 5.91 Å². The molecule has 0 radical (unpaired) electrons. The van der Waals surface area contributed by atoms with Crippen LogP contribution in [-0.2, 0) is 30.5 Å². The Balaban J connectivity index is 1.55. The molecule has 3 rings (SSSR count). The van der Waals surface area contributed by atoms with Crippen molar-refractivity contribution in [2.45, 2.75) is 19.6 Å². The number of phenolic OH excluding ortho intramolecular Hbond substituents is 1. The van der Waals surface area contributed by atoms with E-state index in [0.29, 0.717) is 11.3 Å². The van der Waals surface area contributed by atoms with Crippen LogP contribution in [0.5, 0.6) is 5.75 Å². The van der Waals surface area contributed by atoms with E-state index in [2.05, 4.69) is 5.32 Å². The third kappa shape index (κ3) is 5.35. The first kappa shape index (κ1) is 20.9. The molecule has 2 N–H and O–H groups in total. The number of esters is 2. The zero-order valence-corrected chi connectivity index (χ0v) is 16.3. The van der Waals surface area contributed by atoms with Gasteiger partial charge in [0.15, 0.2) is 0 Å². The second-order valence-electron chi connectivity index (χ2n) is 6.69. The van der Waals surface area contributed by atoms with E-state index in [1.807, 2.05) is 30.3 Å². The molecular formula is C23H21NO6. The van der Waals surface area contributed by atoms with Gasteiger partial charge < -0.3 is 19.9 Å². The highest BCUT2D eigenvalue weighted by Crippen LogP contribution is 2.25. The molecule has 154 valence electrons. The number of ether oxygens (including phenoxy) is 2. The molecule has 30 heavy (non-hydrogen) atoms. The summed E-state index contributed by atoms with van der Waals surface area (Å²) < 4.78 is 10.4. The highest BCUT2D eigenvalue weighted by molar-refractivity contribution is 5.96. The zero-order valence-electron chi connectivity index (χ0n) is 16.3. The average molecular weight is 407 g/mol. The lowest BCUT2D eigenvalue weighted by Gasteiger charge is -2.33. The largest absolute Gasteiger partial charge is 0.507 e. The Morgan fingerprint density at radius 1 is 1.10 bits per heavy atom. The lowest BCUT2D eigenvalue weighted by atomic mass is 9.90. The maximum atomic E-state index is 12.0. The first-order chi connectivity index (χ1) is 14.4. The summed E-state index contributed by atoms with van der Waals surface area (Å²) in [6.07, 6.45) is 2.99. The minimum Gasteiger partial charge on any atom is -0.507 e. The molecule has 7 heteroatoms. The number of para-hydroxylation sites is 1. The lowest BCUT2D eigenvalue weighted by molar-refractivity contribution is -0.148. The van der Waals surface area contributed by atoms with Crippen LogP contribution in [0, 0.1) is 5.92 Å². The maximum Gasteiger partial charge on any atom is 0.332 e. The molecular weight excluding hydrogens is 386 g/mol. The molecule has 0 spiro atoms. The second kappa shape index (κ2) is 9.56. The van der Waals surface area contributed by atoms with Crippen molar-refractivity contribution >= 4 is 23.9 Å². The molecule has 0 unspecified atom stereocenters. The van der Waals surface area contributed by atoms with Crippen molar-refractivity contribution in [3.05, 3.63) is 83.6 Å². The predicted molar refractivity (Wildman–Crippen MR) is 109 cm³/mol. The fourth-order valence-corrected chi connectivity index (χ4v) is 2.93.